The van der Waals surface area contributed by atoms with Crippen LogP contribution in [0.4, 0.5) is 0 Å². The summed E-state index contributed by atoms with van der Waals surface area (Å²) in [5.41, 5.74) is 4.27. The highest BCUT2D eigenvalue weighted by Gasteiger charge is 2.31. The molecule has 7 heteroatoms. The number of carbonyl (C=O) groups is 1. The van der Waals surface area contributed by atoms with Crippen LogP contribution in [0.25, 0.3) is 0 Å². The van der Waals surface area contributed by atoms with E-state index in [1.807, 2.05) is 18.7 Å². The van der Waals surface area contributed by atoms with Gasteiger partial charge in [-0.05, 0) is 51.5 Å². The lowest BCUT2D eigenvalue weighted by molar-refractivity contribution is 0.0573. The molecule has 28 heavy (non-hydrogen) atoms. The van der Waals surface area contributed by atoms with Crippen molar-refractivity contribution < 1.29 is 14.4 Å². The second kappa shape index (κ2) is 8.35. The van der Waals surface area contributed by atoms with Gasteiger partial charge < -0.3 is 14.5 Å². The van der Waals surface area contributed by atoms with Crippen molar-refractivity contribution >= 4 is 17.2 Å². The Balaban J connectivity index is 1.48. The normalized spacial score (nSPS) is 20.4. The number of likely N-dealkylation sites (tertiary alicyclic amines) is 1. The first kappa shape index (κ1) is 19.6. The average molecular weight is 404 g/mol. The quantitative estimate of drug-likeness (QED) is 0.830. The highest BCUT2D eigenvalue weighted by Crippen LogP contribution is 2.32. The van der Waals surface area contributed by atoms with E-state index in [0.717, 1.165) is 68.9 Å². The first-order chi connectivity index (χ1) is 13.6. The third-order valence-electron chi connectivity index (χ3n) is 6.17. The number of piperidine rings is 1. The zero-order chi connectivity index (χ0) is 19.7. The van der Waals surface area contributed by atoms with Crippen LogP contribution in [-0.2, 0) is 19.5 Å². The molecule has 1 N–H and O–H groups in total. The zero-order valence-corrected chi connectivity index (χ0v) is 17.6. The molecule has 4 heterocycles. The molecular weight excluding hydrogens is 374 g/mol. The number of rotatable bonds is 5. The summed E-state index contributed by atoms with van der Waals surface area (Å²) in [4.78, 5) is 19.0. The number of aliphatic hydroxyl groups excluding tert-OH is 1. The molecule has 0 saturated carbocycles. The highest BCUT2D eigenvalue weighted by atomic mass is 32.1. The first-order valence-electron chi connectivity index (χ1n) is 10.2. The molecule has 2 aromatic rings. The molecular formula is C21H29N3O3S. The lowest BCUT2D eigenvalue weighted by Crippen LogP contribution is -2.44. The van der Waals surface area contributed by atoms with E-state index in [0.29, 0.717) is 6.42 Å². The maximum absolute atomic E-state index is 13.3. The Bertz CT molecular complexity index is 823. The van der Waals surface area contributed by atoms with Gasteiger partial charge in [0, 0.05) is 54.6 Å². The van der Waals surface area contributed by atoms with E-state index in [1.165, 1.54) is 16.0 Å². The third kappa shape index (κ3) is 3.75. The summed E-state index contributed by atoms with van der Waals surface area (Å²) in [5, 5.41) is 15.5. The van der Waals surface area contributed by atoms with Crippen molar-refractivity contribution in [2.24, 2.45) is 0 Å². The number of carbonyl (C=O) groups excluding carboxylic acids is 1. The maximum atomic E-state index is 13.3. The zero-order valence-electron chi connectivity index (χ0n) is 16.7. The van der Waals surface area contributed by atoms with Crippen LogP contribution < -0.4 is 0 Å². The van der Waals surface area contributed by atoms with Gasteiger partial charge in [-0.2, -0.15) is 0 Å². The standard InChI is InChI=1S/C21H29N3O3S/c1-14-18(15(2)27-22-14)11-23-9-6-17-19(13-28-20(17)12-23)21(26)24-8-4-3-5-16(24)7-10-25/h13,16,25H,3-12H2,1-2H3. The molecule has 4 rings (SSSR count). The van der Waals surface area contributed by atoms with E-state index >= 15 is 0 Å². The number of thiophene rings is 1. The van der Waals surface area contributed by atoms with Gasteiger partial charge in [-0.1, -0.05) is 5.16 Å². The summed E-state index contributed by atoms with van der Waals surface area (Å²) in [5.74, 6) is 1.06. The van der Waals surface area contributed by atoms with Crippen molar-refractivity contribution in [2.75, 3.05) is 19.7 Å². The van der Waals surface area contributed by atoms with Crippen LogP contribution in [0.5, 0.6) is 0 Å². The number of amides is 1. The Morgan fingerprint density at radius 1 is 1.36 bits per heavy atom. The third-order valence-corrected chi connectivity index (χ3v) is 7.18. The summed E-state index contributed by atoms with van der Waals surface area (Å²) >= 11 is 1.71. The van der Waals surface area contributed by atoms with Crippen LogP contribution in [0.3, 0.4) is 0 Å². The monoisotopic (exact) mass is 403 g/mol. The van der Waals surface area contributed by atoms with Crippen LogP contribution in [-0.4, -0.2) is 51.7 Å². The highest BCUT2D eigenvalue weighted by molar-refractivity contribution is 7.10. The van der Waals surface area contributed by atoms with Crippen LogP contribution in [0.2, 0.25) is 0 Å². The Hall–Kier alpha value is -1.70. The predicted molar refractivity (Wildman–Crippen MR) is 108 cm³/mol. The molecule has 1 unspecified atom stereocenters. The summed E-state index contributed by atoms with van der Waals surface area (Å²) in [6.45, 7) is 7.57. The van der Waals surface area contributed by atoms with Crippen molar-refractivity contribution in [3.05, 3.63) is 38.4 Å². The molecule has 0 aliphatic carbocycles. The Labute approximate surface area is 170 Å². The molecule has 152 valence electrons. The number of hydrogen-bond acceptors (Lipinski definition) is 6. The lowest BCUT2D eigenvalue weighted by atomic mass is 9.96. The summed E-state index contributed by atoms with van der Waals surface area (Å²) in [6.07, 6.45) is 4.80. The lowest BCUT2D eigenvalue weighted by Gasteiger charge is -2.36. The Morgan fingerprint density at radius 2 is 2.21 bits per heavy atom. The van der Waals surface area contributed by atoms with E-state index in [4.69, 9.17) is 4.52 Å². The number of nitrogens with zero attached hydrogens (tertiary/aromatic N) is 3. The Morgan fingerprint density at radius 3 is 2.96 bits per heavy atom. The fourth-order valence-corrected chi connectivity index (χ4v) is 5.63. The second-order valence-corrected chi connectivity index (χ2v) is 8.94. The van der Waals surface area contributed by atoms with E-state index in [9.17, 15) is 9.90 Å². The van der Waals surface area contributed by atoms with Gasteiger partial charge in [0.15, 0.2) is 0 Å². The summed E-state index contributed by atoms with van der Waals surface area (Å²) < 4.78 is 5.30. The van der Waals surface area contributed by atoms with Crippen molar-refractivity contribution in [1.29, 1.82) is 0 Å². The fraction of sp³-hybridized carbons (Fsp3) is 0.619. The summed E-state index contributed by atoms with van der Waals surface area (Å²) in [7, 11) is 0. The van der Waals surface area contributed by atoms with Crippen molar-refractivity contribution in [1.82, 2.24) is 15.0 Å². The molecule has 0 bridgehead atoms. The Kier molecular flexibility index (Phi) is 5.85. The molecule has 2 aromatic heterocycles. The molecule has 0 aromatic carbocycles. The number of fused-ring (bicyclic) bond motifs is 1. The van der Waals surface area contributed by atoms with Gasteiger partial charge >= 0.3 is 0 Å². The van der Waals surface area contributed by atoms with Gasteiger partial charge in [0.2, 0.25) is 0 Å². The number of aryl methyl sites for hydroxylation is 2. The fourth-order valence-electron chi connectivity index (χ4n) is 4.52. The van der Waals surface area contributed by atoms with E-state index in [-0.39, 0.29) is 18.6 Å². The van der Waals surface area contributed by atoms with Crippen molar-refractivity contribution in [3.8, 4) is 0 Å². The van der Waals surface area contributed by atoms with Gasteiger partial charge in [-0.25, -0.2) is 0 Å². The van der Waals surface area contributed by atoms with Gasteiger partial charge in [-0.15, -0.1) is 11.3 Å². The van der Waals surface area contributed by atoms with Crippen molar-refractivity contribution in [3.63, 3.8) is 0 Å². The van der Waals surface area contributed by atoms with Crippen molar-refractivity contribution in [2.45, 2.75) is 65.1 Å². The number of aliphatic hydroxyl groups is 1. The minimum atomic E-state index is 0.146. The molecule has 2 aliphatic heterocycles. The predicted octanol–water partition coefficient (Wildman–Crippen LogP) is 3.29. The van der Waals surface area contributed by atoms with Gasteiger partial charge in [0.1, 0.15) is 5.76 Å². The molecule has 0 spiro atoms. The molecule has 1 saturated heterocycles. The van der Waals surface area contributed by atoms with Crippen LogP contribution in [0.1, 0.15) is 63.5 Å². The maximum Gasteiger partial charge on any atom is 0.255 e. The van der Waals surface area contributed by atoms with Gasteiger partial charge in [-0.3, -0.25) is 9.69 Å². The summed E-state index contributed by atoms with van der Waals surface area (Å²) in [6, 6.07) is 0.182. The van der Waals surface area contributed by atoms with Gasteiger partial charge in [0.05, 0.1) is 11.3 Å². The largest absolute Gasteiger partial charge is 0.396 e. The average Bonchev–Trinajstić information content (AvgIpc) is 3.26. The molecule has 1 atom stereocenters. The molecule has 1 amide bonds. The van der Waals surface area contributed by atoms with Crippen LogP contribution in [0, 0.1) is 13.8 Å². The van der Waals surface area contributed by atoms with E-state index in [1.54, 1.807) is 11.3 Å². The second-order valence-electron chi connectivity index (χ2n) is 7.97. The van der Waals surface area contributed by atoms with Crippen LogP contribution in [0.15, 0.2) is 9.90 Å². The smallest absolute Gasteiger partial charge is 0.255 e. The number of aromatic nitrogens is 1. The van der Waals surface area contributed by atoms with E-state index in [2.05, 4.69) is 15.4 Å². The van der Waals surface area contributed by atoms with Crippen LogP contribution >= 0.6 is 11.3 Å². The first-order valence-corrected chi connectivity index (χ1v) is 11.1. The molecule has 0 radical (unpaired) electrons. The minimum Gasteiger partial charge on any atom is -0.396 e. The van der Waals surface area contributed by atoms with E-state index < -0.39 is 0 Å². The minimum absolute atomic E-state index is 0.146. The molecule has 6 nitrogen and oxygen atoms in total. The SMILES string of the molecule is Cc1noc(C)c1CN1CCc2c(C(=O)N3CCCCC3CCO)csc2C1. The number of hydrogen-bond donors (Lipinski definition) is 1. The topological polar surface area (TPSA) is 69.8 Å². The molecule has 2 aliphatic rings. The van der Waals surface area contributed by atoms with Gasteiger partial charge in [0.25, 0.3) is 5.91 Å². The molecule has 1 fully saturated rings.